The van der Waals surface area contributed by atoms with E-state index < -0.39 is 0 Å². The second-order valence-corrected chi connectivity index (χ2v) is 8.01. The SMILES string of the molecule is CN=C(NCc1ccc(OC)cc1)NCC1CCCN(Cc2cccs2)C1. The number of thiophene rings is 1. The summed E-state index contributed by atoms with van der Waals surface area (Å²) in [6.45, 7) is 5.15. The summed E-state index contributed by atoms with van der Waals surface area (Å²) in [5.41, 5.74) is 1.21. The first-order valence-corrected chi connectivity index (χ1v) is 10.5. The molecule has 3 rings (SSSR count). The molecule has 146 valence electrons. The molecule has 0 bridgehead atoms. The van der Waals surface area contributed by atoms with E-state index in [9.17, 15) is 0 Å². The van der Waals surface area contributed by atoms with E-state index in [1.807, 2.05) is 30.5 Å². The highest BCUT2D eigenvalue weighted by molar-refractivity contribution is 7.09. The predicted molar refractivity (Wildman–Crippen MR) is 114 cm³/mol. The standard InChI is InChI=1S/C21H30N4OS/c1-22-21(23-13-17-7-9-19(26-2)10-8-17)24-14-18-5-3-11-25(15-18)16-20-6-4-12-27-20/h4,6-10,12,18H,3,5,11,13-16H2,1-2H3,(H2,22,23,24). The third-order valence-electron chi connectivity index (χ3n) is 4.96. The topological polar surface area (TPSA) is 48.9 Å². The van der Waals surface area contributed by atoms with E-state index in [2.05, 4.69) is 50.2 Å². The highest BCUT2D eigenvalue weighted by Gasteiger charge is 2.20. The van der Waals surface area contributed by atoms with Gasteiger partial charge in [-0.05, 0) is 54.4 Å². The number of nitrogens with one attached hydrogen (secondary N) is 2. The summed E-state index contributed by atoms with van der Waals surface area (Å²) < 4.78 is 5.20. The second kappa shape index (κ2) is 10.3. The van der Waals surface area contributed by atoms with Gasteiger partial charge in [-0.1, -0.05) is 18.2 Å². The molecule has 2 N–H and O–H groups in total. The first-order chi connectivity index (χ1) is 13.3. The predicted octanol–water partition coefficient (Wildman–Crippen LogP) is 3.33. The molecule has 1 aliphatic heterocycles. The van der Waals surface area contributed by atoms with Gasteiger partial charge in [-0.15, -0.1) is 11.3 Å². The van der Waals surface area contributed by atoms with E-state index in [0.717, 1.165) is 37.9 Å². The fourth-order valence-electron chi connectivity index (χ4n) is 3.48. The first kappa shape index (κ1) is 19.7. The van der Waals surface area contributed by atoms with Gasteiger partial charge in [0.05, 0.1) is 7.11 Å². The molecule has 0 aliphatic carbocycles. The molecule has 5 nitrogen and oxygen atoms in total. The molecule has 0 amide bonds. The van der Waals surface area contributed by atoms with Gasteiger partial charge in [0.15, 0.2) is 5.96 Å². The third-order valence-corrected chi connectivity index (χ3v) is 5.82. The Hall–Kier alpha value is -2.05. The van der Waals surface area contributed by atoms with E-state index in [-0.39, 0.29) is 0 Å². The van der Waals surface area contributed by atoms with Crippen molar-refractivity contribution in [3.8, 4) is 5.75 Å². The largest absolute Gasteiger partial charge is 0.497 e. The number of piperidine rings is 1. The Balaban J connectivity index is 1.41. The van der Waals surface area contributed by atoms with E-state index in [1.165, 1.54) is 29.8 Å². The van der Waals surface area contributed by atoms with Crippen molar-refractivity contribution in [1.29, 1.82) is 0 Å². The number of nitrogens with zero attached hydrogens (tertiary/aromatic N) is 2. The van der Waals surface area contributed by atoms with Gasteiger partial charge in [-0.25, -0.2) is 0 Å². The van der Waals surface area contributed by atoms with Crippen LogP contribution in [0, 0.1) is 5.92 Å². The van der Waals surface area contributed by atoms with Crippen LogP contribution in [0.1, 0.15) is 23.3 Å². The molecule has 2 heterocycles. The normalized spacial score (nSPS) is 18.3. The quantitative estimate of drug-likeness (QED) is 0.566. The summed E-state index contributed by atoms with van der Waals surface area (Å²) in [5.74, 6) is 2.41. The Morgan fingerprint density at radius 2 is 2.11 bits per heavy atom. The number of methoxy groups -OCH3 is 1. The Bertz CT molecular complexity index is 699. The zero-order valence-electron chi connectivity index (χ0n) is 16.3. The third kappa shape index (κ3) is 6.26. The van der Waals surface area contributed by atoms with Gasteiger partial charge in [0.2, 0.25) is 0 Å². The van der Waals surface area contributed by atoms with E-state index in [4.69, 9.17) is 4.74 Å². The summed E-state index contributed by atoms with van der Waals surface area (Å²) in [4.78, 5) is 8.40. The van der Waals surface area contributed by atoms with Crippen LogP contribution in [0.15, 0.2) is 46.8 Å². The minimum absolute atomic E-state index is 0.665. The highest BCUT2D eigenvalue weighted by Crippen LogP contribution is 2.20. The Labute approximate surface area is 166 Å². The molecule has 1 atom stereocenters. The molecular formula is C21H30N4OS. The maximum absolute atomic E-state index is 5.20. The van der Waals surface area contributed by atoms with Crippen LogP contribution < -0.4 is 15.4 Å². The molecule has 0 spiro atoms. The minimum atomic E-state index is 0.665. The molecule has 1 aliphatic rings. The molecule has 27 heavy (non-hydrogen) atoms. The molecule has 0 radical (unpaired) electrons. The number of hydrogen-bond donors (Lipinski definition) is 2. The molecule has 6 heteroatoms. The van der Waals surface area contributed by atoms with Crippen molar-refractivity contribution in [2.24, 2.45) is 10.9 Å². The summed E-state index contributed by atoms with van der Waals surface area (Å²) >= 11 is 1.85. The molecule has 0 saturated carbocycles. The van der Waals surface area contributed by atoms with E-state index >= 15 is 0 Å². The maximum Gasteiger partial charge on any atom is 0.191 e. The number of rotatable bonds is 7. The van der Waals surface area contributed by atoms with Gasteiger partial charge < -0.3 is 15.4 Å². The van der Waals surface area contributed by atoms with Crippen LogP contribution in [0.25, 0.3) is 0 Å². The maximum atomic E-state index is 5.20. The van der Waals surface area contributed by atoms with Gasteiger partial charge in [0.1, 0.15) is 5.75 Å². The first-order valence-electron chi connectivity index (χ1n) is 9.59. The van der Waals surface area contributed by atoms with Crippen LogP contribution in [0.4, 0.5) is 0 Å². The van der Waals surface area contributed by atoms with Crippen LogP contribution in [-0.4, -0.2) is 44.7 Å². The highest BCUT2D eigenvalue weighted by atomic mass is 32.1. The lowest BCUT2D eigenvalue weighted by Gasteiger charge is -2.32. The van der Waals surface area contributed by atoms with Gasteiger partial charge in [-0.2, -0.15) is 0 Å². The number of guanidine groups is 1. The molecule has 1 aromatic heterocycles. The van der Waals surface area contributed by atoms with Gasteiger partial charge in [0.25, 0.3) is 0 Å². The number of ether oxygens (including phenoxy) is 1. The van der Waals surface area contributed by atoms with Crippen molar-refractivity contribution in [2.75, 3.05) is 33.8 Å². The lowest BCUT2D eigenvalue weighted by Crippen LogP contribution is -2.44. The van der Waals surface area contributed by atoms with Crippen LogP contribution in [0.5, 0.6) is 5.75 Å². The smallest absolute Gasteiger partial charge is 0.191 e. The molecule has 1 aromatic carbocycles. The summed E-state index contributed by atoms with van der Waals surface area (Å²) in [6.07, 6.45) is 2.55. The summed E-state index contributed by atoms with van der Waals surface area (Å²) in [7, 11) is 3.51. The summed E-state index contributed by atoms with van der Waals surface area (Å²) in [5, 5.41) is 9.06. The zero-order chi connectivity index (χ0) is 18.9. The van der Waals surface area contributed by atoms with Crippen molar-refractivity contribution in [1.82, 2.24) is 15.5 Å². The van der Waals surface area contributed by atoms with Crippen LogP contribution >= 0.6 is 11.3 Å². The molecular weight excluding hydrogens is 356 g/mol. The lowest BCUT2D eigenvalue weighted by molar-refractivity contribution is 0.169. The van der Waals surface area contributed by atoms with Gasteiger partial charge in [0, 0.05) is 38.1 Å². The van der Waals surface area contributed by atoms with Crippen LogP contribution in [0.3, 0.4) is 0 Å². The van der Waals surface area contributed by atoms with Crippen molar-refractivity contribution in [3.05, 3.63) is 52.2 Å². The number of likely N-dealkylation sites (tertiary alicyclic amines) is 1. The Morgan fingerprint density at radius 3 is 2.81 bits per heavy atom. The van der Waals surface area contributed by atoms with Crippen molar-refractivity contribution < 1.29 is 4.74 Å². The Morgan fingerprint density at radius 1 is 1.26 bits per heavy atom. The molecule has 1 fully saturated rings. The van der Waals surface area contributed by atoms with Crippen LogP contribution in [0.2, 0.25) is 0 Å². The fourth-order valence-corrected chi connectivity index (χ4v) is 4.22. The van der Waals surface area contributed by atoms with Gasteiger partial charge in [-0.3, -0.25) is 9.89 Å². The van der Waals surface area contributed by atoms with Crippen molar-refractivity contribution in [3.63, 3.8) is 0 Å². The second-order valence-electron chi connectivity index (χ2n) is 6.98. The average molecular weight is 387 g/mol. The average Bonchev–Trinajstić information content (AvgIpc) is 3.22. The Kier molecular flexibility index (Phi) is 7.54. The molecule has 1 saturated heterocycles. The van der Waals surface area contributed by atoms with Gasteiger partial charge >= 0.3 is 0 Å². The minimum Gasteiger partial charge on any atom is -0.497 e. The van der Waals surface area contributed by atoms with Crippen LogP contribution in [-0.2, 0) is 13.1 Å². The van der Waals surface area contributed by atoms with E-state index in [1.54, 1.807) is 7.11 Å². The molecule has 2 aromatic rings. The number of aliphatic imine (C=N–C) groups is 1. The number of hydrogen-bond acceptors (Lipinski definition) is 4. The lowest BCUT2D eigenvalue weighted by atomic mass is 9.98. The zero-order valence-corrected chi connectivity index (χ0v) is 17.1. The number of benzene rings is 1. The monoisotopic (exact) mass is 386 g/mol. The molecule has 1 unspecified atom stereocenters. The van der Waals surface area contributed by atoms with Crippen molar-refractivity contribution >= 4 is 17.3 Å². The van der Waals surface area contributed by atoms with E-state index in [0.29, 0.717) is 5.92 Å². The van der Waals surface area contributed by atoms with Crippen molar-refractivity contribution in [2.45, 2.75) is 25.9 Å². The summed E-state index contributed by atoms with van der Waals surface area (Å²) in [6, 6.07) is 12.5. The fraction of sp³-hybridized carbons (Fsp3) is 0.476.